The van der Waals surface area contributed by atoms with E-state index in [2.05, 4.69) is 37.8 Å². The van der Waals surface area contributed by atoms with Gasteiger partial charge in [0.15, 0.2) is 0 Å². The summed E-state index contributed by atoms with van der Waals surface area (Å²) in [5.74, 6) is 0. The van der Waals surface area contributed by atoms with Gasteiger partial charge in [0.25, 0.3) is 3.92 Å². The highest BCUT2D eigenvalue weighted by atomic mass is 35.6. The van der Waals surface area contributed by atoms with Crippen LogP contribution in [0, 0.1) is 5.41 Å². The van der Waals surface area contributed by atoms with Crippen LogP contribution in [0.1, 0.15) is 59.8 Å². The molecule has 0 spiro atoms. The second kappa shape index (κ2) is 7.42. The summed E-state index contributed by atoms with van der Waals surface area (Å²) < 4.78 is -1.45. The molecule has 0 aromatic carbocycles. The zero-order valence-corrected chi connectivity index (χ0v) is 15.1. The van der Waals surface area contributed by atoms with E-state index < -0.39 is 3.92 Å². The fraction of sp³-hybridized carbons (Fsp3) is 0.929. The summed E-state index contributed by atoms with van der Waals surface area (Å²) in [4.78, 5) is 1.72. The summed E-state index contributed by atoms with van der Waals surface area (Å²) in [7, 11) is 0. The first kappa shape index (κ1) is 18.2. The van der Waals surface area contributed by atoms with Gasteiger partial charge in [-0.05, 0) is 18.3 Å². The Kier molecular flexibility index (Phi) is 6.75. The molecular weight excluding hydrogens is 317 g/mol. The number of rotatable bonds is 6. The lowest BCUT2D eigenvalue weighted by Crippen LogP contribution is -2.47. The number of alkyl halides is 3. The molecule has 1 atom stereocenters. The van der Waals surface area contributed by atoms with Crippen LogP contribution in [0.4, 0.5) is 0 Å². The average molecular weight is 343 g/mol. The van der Waals surface area contributed by atoms with Gasteiger partial charge in [-0.25, -0.2) is 0 Å². The minimum Gasteiger partial charge on any atom is -0.295 e. The van der Waals surface area contributed by atoms with Gasteiger partial charge < -0.3 is 0 Å². The van der Waals surface area contributed by atoms with Crippen LogP contribution in [-0.2, 0) is 0 Å². The van der Waals surface area contributed by atoms with Crippen molar-refractivity contribution >= 4 is 41.1 Å². The molecule has 0 aromatic heterocycles. The highest BCUT2D eigenvalue weighted by Crippen LogP contribution is 2.38. The molecule has 1 aliphatic heterocycles. The standard InChI is InChI=1S/C14H26Cl3N3/c1-5-6-7-8-9-20-12(10-13(2,3)4)19(11-18-20)14(15,16)17/h11-12H,5-10H2,1-4H3. The van der Waals surface area contributed by atoms with Crippen molar-refractivity contribution in [2.24, 2.45) is 10.5 Å². The van der Waals surface area contributed by atoms with Gasteiger partial charge in [-0.1, -0.05) is 81.8 Å². The lowest BCUT2D eigenvalue weighted by Gasteiger charge is -2.37. The summed E-state index contributed by atoms with van der Waals surface area (Å²) in [6, 6.07) is 0. The van der Waals surface area contributed by atoms with Crippen molar-refractivity contribution in [1.82, 2.24) is 9.91 Å². The smallest absolute Gasteiger partial charge is 0.270 e. The first-order valence-electron chi connectivity index (χ1n) is 7.31. The van der Waals surface area contributed by atoms with Gasteiger partial charge in [0, 0.05) is 6.54 Å². The van der Waals surface area contributed by atoms with Crippen LogP contribution in [0.25, 0.3) is 0 Å². The van der Waals surface area contributed by atoms with Gasteiger partial charge in [0.2, 0.25) is 0 Å². The third-order valence-electron chi connectivity index (χ3n) is 3.32. The molecule has 20 heavy (non-hydrogen) atoms. The van der Waals surface area contributed by atoms with E-state index in [0.717, 1.165) is 19.4 Å². The van der Waals surface area contributed by atoms with Crippen molar-refractivity contribution in [1.29, 1.82) is 0 Å². The zero-order valence-electron chi connectivity index (χ0n) is 12.9. The van der Waals surface area contributed by atoms with Crippen LogP contribution in [0.5, 0.6) is 0 Å². The Morgan fingerprint density at radius 2 is 1.75 bits per heavy atom. The largest absolute Gasteiger partial charge is 0.295 e. The maximum Gasteiger partial charge on any atom is 0.270 e. The number of halogens is 3. The van der Waals surface area contributed by atoms with Gasteiger partial charge in [0.1, 0.15) is 12.5 Å². The third kappa shape index (κ3) is 5.87. The Labute approximate surface area is 138 Å². The third-order valence-corrected chi connectivity index (χ3v) is 3.90. The van der Waals surface area contributed by atoms with E-state index in [1.165, 1.54) is 19.3 Å². The van der Waals surface area contributed by atoms with Crippen LogP contribution >= 0.6 is 34.8 Å². The number of hydrogen-bond donors (Lipinski definition) is 0. The molecule has 1 heterocycles. The molecule has 6 heteroatoms. The van der Waals surface area contributed by atoms with Crippen LogP contribution in [0.2, 0.25) is 0 Å². The van der Waals surface area contributed by atoms with Crippen molar-refractivity contribution < 1.29 is 0 Å². The van der Waals surface area contributed by atoms with E-state index >= 15 is 0 Å². The second-order valence-corrected chi connectivity index (χ2v) is 8.80. The number of hydrogen-bond acceptors (Lipinski definition) is 3. The molecule has 0 amide bonds. The molecule has 1 aliphatic rings. The van der Waals surface area contributed by atoms with Gasteiger partial charge in [0.05, 0.1) is 0 Å². The van der Waals surface area contributed by atoms with Gasteiger partial charge in [-0.3, -0.25) is 9.91 Å². The van der Waals surface area contributed by atoms with E-state index in [1.807, 2.05) is 0 Å². The molecule has 0 aliphatic carbocycles. The van der Waals surface area contributed by atoms with Crippen molar-refractivity contribution in [3.8, 4) is 0 Å². The van der Waals surface area contributed by atoms with Crippen molar-refractivity contribution in [2.45, 2.75) is 69.9 Å². The predicted octanol–water partition coefficient (Wildman–Crippen LogP) is 5.22. The van der Waals surface area contributed by atoms with Crippen LogP contribution in [0.3, 0.4) is 0 Å². The second-order valence-electron chi connectivity index (χ2n) is 6.58. The van der Waals surface area contributed by atoms with E-state index in [1.54, 1.807) is 11.2 Å². The highest BCUT2D eigenvalue weighted by molar-refractivity contribution is 6.67. The minimum atomic E-state index is -1.45. The Morgan fingerprint density at radius 3 is 2.25 bits per heavy atom. The Balaban J connectivity index is 2.66. The normalized spacial score (nSPS) is 20.1. The van der Waals surface area contributed by atoms with Crippen molar-refractivity contribution in [3.63, 3.8) is 0 Å². The van der Waals surface area contributed by atoms with Crippen LogP contribution < -0.4 is 0 Å². The summed E-state index contributed by atoms with van der Waals surface area (Å²) in [5, 5.41) is 6.49. The van der Waals surface area contributed by atoms with Crippen LogP contribution in [-0.4, -0.2) is 32.9 Å². The maximum absolute atomic E-state index is 6.05. The highest BCUT2D eigenvalue weighted by Gasteiger charge is 2.41. The molecule has 1 rings (SSSR count). The minimum absolute atomic E-state index is 0.0177. The SMILES string of the molecule is CCCCCCN1N=CN(C(Cl)(Cl)Cl)C1CC(C)(C)C. The molecule has 0 N–H and O–H groups in total. The van der Waals surface area contributed by atoms with Gasteiger partial charge >= 0.3 is 0 Å². The van der Waals surface area contributed by atoms with Gasteiger partial charge in [-0.15, -0.1) is 0 Å². The van der Waals surface area contributed by atoms with Crippen LogP contribution in [0.15, 0.2) is 5.10 Å². The quantitative estimate of drug-likeness (QED) is 0.374. The fourth-order valence-corrected chi connectivity index (χ4v) is 2.78. The summed E-state index contributed by atoms with van der Waals surface area (Å²) >= 11 is 18.2. The Bertz CT molecular complexity index is 321. The molecular formula is C14H26Cl3N3. The molecule has 118 valence electrons. The lowest BCUT2D eigenvalue weighted by atomic mass is 9.90. The number of nitrogens with zero attached hydrogens (tertiary/aromatic N) is 3. The lowest BCUT2D eigenvalue weighted by molar-refractivity contribution is 0.0854. The molecule has 0 fully saturated rings. The molecule has 0 saturated carbocycles. The summed E-state index contributed by atoms with van der Waals surface area (Å²) in [6.07, 6.45) is 7.41. The number of hydrazone groups is 1. The first-order chi connectivity index (χ1) is 9.15. The zero-order chi connectivity index (χ0) is 15.4. The predicted molar refractivity (Wildman–Crippen MR) is 89.3 cm³/mol. The first-order valence-corrected chi connectivity index (χ1v) is 8.44. The van der Waals surface area contributed by atoms with Crippen molar-refractivity contribution in [3.05, 3.63) is 0 Å². The fourth-order valence-electron chi connectivity index (χ4n) is 2.31. The van der Waals surface area contributed by atoms with E-state index in [-0.39, 0.29) is 11.6 Å². The van der Waals surface area contributed by atoms with E-state index in [4.69, 9.17) is 34.8 Å². The molecule has 0 bridgehead atoms. The molecule has 0 saturated heterocycles. The summed E-state index contributed by atoms with van der Waals surface area (Å²) in [5.41, 5.74) is 0.147. The van der Waals surface area contributed by atoms with Gasteiger partial charge in [-0.2, -0.15) is 5.10 Å². The molecule has 0 radical (unpaired) electrons. The molecule has 3 nitrogen and oxygen atoms in total. The Hall–Kier alpha value is 0.140. The van der Waals surface area contributed by atoms with E-state index in [9.17, 15) is 0 Å². The average Bonchev–Trinajstić information content (AvgIpc) is 2.65. The molecule has 1 unspecified atom stereocenters. The topological polar surface area (TPSA) is 18.8 Å². The number of unbranched alkanes of at least 4 members (excludes halogenated alkanes) is 3. The maximum atomic E-state index is 6.05. The van der Waals surface area contributed by atoms with Crippen molar-refractivity contribution in [2.75, 3.05) is 6.54 Å². The monoisotopic (exact) mass is 341 g/mol. The van der Waals surface area contributed by atoms with E-state index in [0.29, 0.717) is 0 Å². The Morgan fingerprint density at radius 1 is 1.10 bits per heavy atom. The molecule has 0 aromatic rings. The summed E-state index contributed by atoms with van der Waals surface area (Å²) in [6.45, 7) is 9.70.